The molecule has 1 heterocycles. The molecule has 0 aliphatic carbocycles. The molecule has 164 valence electrons. The Kier molecular flexibility index (Phi) is 8.28. The van der Waals surface area contributed by atoms with Gasteiger partial charge in [0.1, 0.15) is 5.82 Å². The van der Waals surface area contributed by atoms with E-state index in [1.807, 2.05) is 17.6 Å². The lowest BCUT2D eigenvalue weighted by atomic mass is 10.1. The van der Waals surface area contributed by atoms with E-state index in [1.54, 1.807) is 36.4 Å². The van der Waals surface area contributed by atoms with Gasteiger partial charge in [0.05, 0.1) is 27.4 Å². The number of aromatic nitrogens is 3. The lowest BCUT2D eigenvalue weighted by Crippen LogP contribution is -2.26. The summed E-state index contributed by atoms with van der Waals surface area (Å²) in [5.74, 6) is 0.613. The van der Waals surface area contributed by atoms with Crippen molar-refractivity contribution in [3.63, 3.8) is 0 Å². The number of thioether (sulfide) groups is 1. The fraction of sp³-hybridized carbons (Fsp3) is 0.227. The number of carbonyl (C=O) groups excluding carboxylic acids is 2. The molecular formula is C22H19Cl2N5O2S. The lowest BCUT2D eigenvalue weighted by Gasteiger charge is -2.08. The maximum Gasteiger partial charge on any atom is 0.251 e. The zero-order chi connectivity index (χ0) is 23.1. The van der Waals surface area contributed by atoms with Crippen molar-refractivity contribution in [1.29, 1.82) is 5.26 Å². The van der Waals surface area contributed by atoms with Gasteiger partial charge in [-0.15, -0.1) is 10.2 Å². The van der Waals surface area contributed by atoms with Crippen molar-refractivity contribution in [2.75, 3.05) is 12.3 Å². The molecule has 2 aromatic carbocycles. The predicted octanol–water partition coefficient (Wildman–Crippen LogP) is 4.42. The SMILES string of the molecule is CCn1c(CCNC(=O)c2ccc(Cl)c(Cl)c2)nnc1SCC(=O)c1ccc(C#N)cc1. The van der Waals surface area contributed by atoms with Crippen LogP contribution in [-0.4, -0.2) is 38.8 Å². The molecule has 0 spiro atoms. The molecule has 7 nitrogen and oxygen atoms in total. The number of halogens is 2. The molecule has 0 unspecified atom stereocenters. The molecule has 1 N–H and O–H groups in total. The minimum atomic E-state index is -0.256. The van der Waals surface area contributed by atoms with E-state index in [4.69, 9.17) is 28.5 Å². The Bertz CT molecular complexity index is 1170. The molecule has 0 radical (unpaired) electrons. The Hall–Kier alpha value is -2.86. The molecule has 0 saturated carbocycles. The summed E-state index contributed by atoms with van der Waals surface area (Å²) >= 11 is 13.1. The Morgan fingerprint density at radius 3 is 2.47 bits per heavy atom. The van der Waals surface area contributed by atoms with Crippen LogP contribution in [0, 0.1) is 11.3 Å². The van der Waals surface area contributed by atoms with E-state index in [-0.39, 0.29) is 17.4 Å². The third kappa shape index (κ3) is 5.88. The Morgan fingerprint density at radius 1 is 1.09 bits per heavy atom. The van der Waals surface area contributed by atoms with Crippen LogP contribution in [0.2, 0.25) is 10.0 Å². The summed E-state index contributed by atoms with van der Waals surface area (Å²) < 4.78 is 1.92. The third-order valence-electron chi connectivity index (χ3n) is 4.59. The van der Waals surface area contributed by atoms with Crippen molar-refractivity contribution in [3.05, 3.63) is 75.0 Å². The van der Waals surface area contributed by atoms with Crippen LogP contribution in [0.15, 0.2) is 47.6 Å². The first kappa shape index (κ1) is 23.8. The minimum Gasteiger partial charge on any atom is -0.352 e. The molecule has 0 aliphatic rings. The van der Waals surface area contributed by atoms with Crippen LogP contribution in [0.3, 0.4) is 0 Å². The van der Waals surface area contributed by atoms with E-state index < -0.39 is 0 Å². The zero-order valence-corrected chi connectivity index (χ0v) is 19.5. The lowest BCUT2D eigenvalue weighted by molar-refractivity contribution is 0.0953. The van der Waals surface area contributed by atoms with Gasteiger partial charge in [-0.25, -0.2) is 0 Å². The van der Waals surface area contributed by atoms with Crippen molar-refractivity contribution in [2.24, 2.45) is 0 Å². The number of benzene rings is 2. The quantitative estimate of drug-likeness (QED) is 0.354. The van der Waals surface area contributed by atoms with Crippen molar-refractivity contribution in [2.45, 2.75) is 25.0 Å². The van der Waals surface area contributed by atoms with Crippen LogP contribution in [-0.2, 0) is 13.0 Å². The zero-order valence-electron chi connectivity index (χ0n) is 17.1. The van der Waals surface area contributed by atoms with Gasteiger partial charge in [-0.2, -0.15) is 5.26 Å². The van der Waals surface area contributed by atoms with Gasteiger partial charge in [-0.05, 0) is 37.3 Å². The van der Waals surface area contributed by atoms with Crippen molar-refractivity contribution in [1.82, 2.24) is 20.1 Å². The first-order valence-corrected chi connectivity index (χ1v) is 11.5. The summed E-state index contributed by atoms with van der Waals surface area (Å²) in [5.41, 5.74) is 1.48. The second-order valence-electron chi connectivity index (χ2n) is 6.68. The molecule has 32 heavy (non-hydrogen) atoms. The molecule has 10 heteroatoms. The standard InChI is InChI=1S/C22H19Cl2N5O2S/c1-2-29-20(9-10-26-21(31)16-7-8-17(23)18(24)11-16)27-28-22(29)32-13-19(30)15-5-3-14(12-25)4-6-15/h3-8,11H,2,9-10,13H2,1H3,(H,26,31). The molecule has 0 bridgehead atoms. The van der Waals surface area contributed by atoms with E-state index >= 15 is 0 Å². The van der Waals surface area contributed by atoms with Crippen LogP contribution in [0.5, 0.6) is 0 Å². The molecule has 0 saturated heterocycles. The summed E-state index contributed by atoms with van der Waals surface area (Å²) in [7, 11) is 0. The van der Waals surface area contributed by atoms with Gasteiger partial charge in [-0.1, -0.05) is 47.1 Å². The average Bonchev–Trinajstić information content (AvgIpc) is 3.20. The van der Waals surface area contributed by atoms with Gasteiger partial charge < -0.3 is 9.88 Å². The Morgan fingerprint density at radius 2 is 1.81 bits per heavy atom. The molecule has 3 aromatic rings. The van der Waals surface area contributed by atoms with Gasteiger partial charge in [0.25, 0.3) is 5.91 Å². The molecule has 1 aromatic heterocycles. The fourth-order valence-corrected chi connectivity index (χ4v) is 4.11. The summed E-state index contributed by atoms with van der Waals surface area (Å²) in [5, 5.41) is 21.4. The van der Waals surface area contributed by atoms with Gasteiger partial charge in [0, 0.05) is 30.6 Å². The van der Waals surface area contributed by atoms with E-state index in [0.29, 0.717) is 51.4 Å². The monoisotopic (exact) mass is 487 g/mol. The number of hydrogen-bond donors (Lipinski definition) is 1. The summed E-state index contributed by atoms with van der Waals surface area (Å²) in [4.78, 5) is 24.7. The fourth-order valence-electron chi connectivity index (χ4n) is 2.90. The van der Waals surface area contributed by atoms with Crippen molar-refractivity contribution in [3.8, 4) is 6.07 Å². The third-order valence-corrected chi connectivity index (χ3v) is 6.30. The first-order chi connectivity index (χ1) is 15.4. The van der Waals surface area contributed by atoms with Crippen LogP contribution < -0.4 is 5.32 Å². The average molecular weight is 488 g/mol. The second kappa shape index (κ2) is 11.1. The number of nitrogens with one attached hydrogen (secondary N) is 1. The number of Topliss-reactive ketones (excluding diaryl/α,β-unsaturated/α-hetero) is 1. The van der Waals surface area contributed by atoms with E-state index in [2.05, 4.69) is 15.5 Å². The molecule has 0 atom stereocenters. The topological polar surface area (TPSA) is 101 Å². The summed E-state index contributed by atoms with van der Waals surface area (Å²) in [6.45, 7) is 2.97. The first-order valence-electron chi connectivity index (χ1n) is 9.74. The maximum absolute atomic E-state index is 12.4. The van der Waals surface area contributed by atoms with Gasteiger partial charge in [0.2, 0.25) is 0 Å². The molecule has 3 rings (SSSR count). The van der Waals surface area contributed by atoms with E-state index in [1.165, 1.54) is 17.8 Å². The molecular weight excluding hydrogens is 469 g/mol. The highest BCUT2D eigenvalue weighted by Crippen LogP contribution is 2.22. The molecule has 0 fully saturated rings. The predicted molar refractivity (Wildman–Crippen MR) is 124 cm³/mol. The summed E-state index contributed by atoms with van der Waals surface area (Å²) in [6.07, 6.45) is 0.484. The van der Waals surface area contributed by atoms with Crippen molar-refractivity contribution >= 4 is 46.7 Å². The van der Waals surface area contributed by atoms with Crippen LogP contribution in [0.4, 0.5) is 0 Å². The van der Waals surface area contributed by atoms with Gasteiger partial charge in [-0.3, -0.25) is 9.59 Å². The van der Waals surface area contributed by atoms with Crippen molar-refractivity contribution < 1.29 is 9.59 Å². The minimum absolute atomic E-state index is 0.0550. The second-order valence-corrected chi connectivity index (χ2v) is 8.44. The maximum atomic E-state index is 12.4. The number of rotatable bonds is 9. The summed E-state index contributed by atoms with van der Waals surface area (Å²) in [6, 6.07) is 13.3. The van der Waals surface area contributed by atoms with Crippen LogP contribution in [0.25, 0.3) is 0 Å². The number of hydrogen-bond acceptors (Lipinski definition) is 6. The smallest absolute Gasteiger partial charge is 0.251 e. The van der Waals surface area contributed by atoms with Gasteiger partial charge >= 0.3 is 0 Å². The molecule has 0 aliphatic heterocycles. The Balaban J connectivity index is 1.55. The van der Waals surface area contributed by atoms with E-state index in [9.17, 15) is 9.59 Å². The largest absolute Gasteiger partial charge is 0.352 e. The van der Waals surface area contributed by atoms with E-state index in [0.717, 1.165) is 5.82 Å². The Labute approximate surface area is 199 Å². The van der Waals surface area contributed by atoms with Crippen LogP contribution >= 0.6 is 35.0 Å². The normalized spacial score (nSPS) is 10.6. The highest BCUT2D eigenvalue weighted by Gasteiger charge is 2.15. The number of nitriles is 1. The van der Waals surface area contributed by atoms with Crippen LogP contribution in [0.1, 0.15) is 39.0 Å². The molecule has 1 amide bonds. The number of nitrogens with zero attached hydrogens (tertiary/aromatic N) is 4. The number of ketones is 1. The highest BCUT2D eigenvalue weighted by atomic mass is 35.5. The van der Waals surface area contributed by atoms with Gasteiger partial charge in [0.15, 0.2) is 10.9 Å². The number of amides is 1. The number of carbonyl (C=O) groups is 2. The highest BCUT2D eigenvalue weighted by molar-refractivity contribution is 7.99.